The molecule has 0 aliphatic carbocycles. The molecule has 0 saturated heterocycles. The molecule has 0 fully saturated rings. The molecule has 0 spiro atoms. The predicted molar refractivity (Wildman–Crippen MR) is 62.9 cm³/mol. The fourth-order valence-electron chi connectivity index (χ4n) is 1.67. The highest BCUT2D eigenvalue weighted by atomic mass is 19.1. The Hall–Kier alpha value is -1.22. The molecule has 16 heavy (non-hydrogen) atoms. The van der Waals surface area contributed by atoms with Gasteiger partial charge in [0.25, 0.3) is 0 Å². The number of carbonyl (C=O) groups is 1. The number of rotatable bonds is 5. The molecule has 1 rings (SSSR count). The van der Waals surface area contributed by atoms with Crippen molar-refractivity contribution in [1.29, 1.82) is 0 Å². The van der Waals surface area contributed by atoms with E-state index in [9.17, 15) is 9.18 Å². The molecule has 0 radical (unpaired) electrons. The highest BCUT2D eigenvalue weighted by Gasteiger charge is 2.13. The van der Waals surface area contributed by atoms with Crippen LogP contribution in [0, 0.1) is 18.7 Å². The lowest BCUT2D eigenvalue weighted by Gasteiger charge is -2.11. The van der Waals surface area contributed by atoms with Gasteiger partial charge in [-0.05, 0) is 43.1 Å². The molecule has 1 aromatic rings. The van der Waals surface area contributed by atoms with Crippen LogP contribution in [0.1, 0.15) is 35.7 Å². The smallest absolute Gasteiger partial charge is 0.163 e. The van der Waals surface area contributed by atoms with Crippen molar-refractivity contribution in [2.45, 2.75) is 26.7 Å². The van der Waals surface area contributed by atoms with Crippen LogP contribution in [-0.4, -0.2) is 12.3 Å². The Morgan fingerprint density at radius 1 is 1.44 bits per heavy atom. The first-order valence-electron chi connectivity index (χ1n) is 5.57. The number of carbonyl (C=O) groups excluding carboxylic acids is 1. The largest absolute Gasteiger partial charge is 0.330 e. The summed E-state index contributed by atoms with van der Waals surface area (Å²) in [4.78, 5) is 11.9. The fourth-order valence-corrected chi connectivity index (χ4v) is 1.67. The van der Waals surface area contributed by atoms with Gasteiger partial charge in [0.1, 0.15) is 5.82 Å². The molecule has 0 aromatic heterocycles. The molecule has 3 heteroatoms. The van der Waals surface area contributed by atoms with E-state index in [1.165, 1.54) is 12.1 Å². The third-order valence-electron chi connectivity index (χ3n) is 2.75. The number of ketones is 1. The van der Waals surface area contributed by atoms with Gasteiger partial charge >= 0.3 is 0 Å². The Bertz CT molecular complexity index is 352. The van der Waals surface area contributed by atoms with Crippen LogP contribution < -0.4 is 5.73 Å². The fraction of sp³-hybridized carbons (Fsp3) is 0.462. The maximum Gasteiger partial charge on any atom is 0.163 e. The highest BCUT2D eigenvalue weighted by Crippen LogP contribution is 2.15. The molecule has 1 atom stereocenters. The molecular weight excluding hydrogens is 205 g/mol. The van der Waals surface area contributed by atoms with Crippen molar-refractivity contribution in [3.05, 3.63) is 35.1 Å². The van der Waals surface area contributed by atoms with Crippen LogP contribution in [0.3, 0.4) is 0 Å². The summed E-state index contributed by atoms with van der Waals surface area (Å²) >= 11 is 0. The Balaban J connectivity index is 2.80. The van der Waals surface area contributed by atoms with Gasteiger partial charge in [-0.1, -0.05) is 13.3 Å². The summed E-state index contributed by atoms with van der Waals surface area (Å²) < 4.78 is 13.1. The zero-order valence-corrected chi connectivity index (χ0v) is 9.79. The van der Waals surface area contributed by atoms with Gasteiger partial charge in [-0.3, -0.25) is 4.79 Å². The second kappa shape index (κ2) is 5.75. The van der Waals surface area contributed by atoms with Crippen LogP contribution in [0.25, 0.3) is 0 Å². The Kier molecular flexibility index (Phi) is 4.62. The number of benzene rings is 1. The SMILES string of the molecule is CCC(CN)CC(=O)c1cc(C)cc(F)c1. The minimum absolute atomic E-state index is 0.0279. The molecule has 0 heterocycles. The summed E-state index contributed by atoms with van der Waals surface area (Å²) in [5.41, 5.74) is 6.76. The zero-order valence-electron chi connectivity index (χ0n) is 9.79. The Morgan fingerprint density at radius 3 is 2.62 bits per heavy atom. The molecule has 0 bridgehead atoms. The van der Waals surface area contributed by atoms with Gasteiger partial charge in [-0.2, -0.15) is 0 Å². The second-order valence-electron chi connectivity index (χ2n) is 4.15. The van der Waals surface area contributed by atoms with E-state index in [1.54, 1.807) is 13.0 Å². The van der Waals surface area contributed by atoms with Gasteiger partial charge in [0.15, 0.2) is 5.78 Å². The van der Waals surface area contributed by atoms with E-state index in [0.29, 0.717) is 18.5 Å². The maximum absolute atomic E-state index is 13.1. The molecule has 0 saturated carbocycles. The van der Waals surface area contributed by atoms with Crippen molar-refractivity contribution in [2.75, 3.05) is 6.54 Å². The highest BCUT2D eigenvalue weighted by molar-refractivity contribution is 5.96. The van der Waals surface area contributed by atoms with E-state index >= 15 is 0 Å². The topological polar surface area (TPSA) is 43.1 Å². The molecular formula is C13H18FNO. The summed E-state index contributed by atoms with van der Waals surface area (Å²) in [5, 5.41) is 0. The lowest BCUT2D eigenvalue weighted by molar-refractivity contribution is 0.0961. The summed E-state index contributed by atoms with van der Waals surface area (Å²) in [7, 11) is 0. The van der Waals surface area contributed by atoms with Crippen molar-refractivity contribution < 1.29 is 9.18 Å². The van der Waals surface area contributed by atoms with Crippen LogP contribution >= 0.6 is 0 Å². The van der Waals surface area contributed by atoms with E-state index in [-0.39, 0.29) is 17.5 Å². The number of Topliss-reactive ketones (excluding diaryl/α,β-unsaturated/α-hetero) is 1. The minimum Gasteiger partial charge on any atom is -0.330 e. The van der Waals surface area contributed by atoms with Gasteiger partial charge in [-0.25, -0.2) is 4.39 Å². The van der Waals surface area contributed by atoms with Crippen molar-refractivity contribution in [3.63, 3.8) is 0 Å². The predicted octanol–water partition coefficient (Wildman–Crippen LogP) is 2.69. The molecule has 1 aromatic carbocycles. The monoisotopic (exact) mass is 223 g/mol. The van der Waals surface area contributed by atoms with Gasteiger partial charge in [0.05, 0.1) is 0 Å². The summed E-state index contributed by atoms with van der Waals surface area (Å²) in [6.07, 6.45) is 1.27. The van der Waals surface area contributed by atoms with Gasteiger partial charge < -0.3 is 5.73 Å². The van der Waals surface area contributed by atoms with E-state index in [2.05, 4.69) is 0 Å². The Morgan fingerprint density at radius 2 is 2.12 bits per heavy atom. The summed E-state index contributed by atoms with van der Waals surface area (Å²) in [5.74, 6) is -0.194. The number of hydrogen-bond donors (Lipinski definition) is 1. The van der Waals surface area contributed by atoms with Crippen molar-refractivity contribution in [2.24, 2.45) is 11.7 Å². The number of aryl methyl sites for hydroxylation is 1. The maximum atomic E-state index is 13.1. The van der Waals surface area contributed by atoms with Gasteiger partial charge in [0, 0.05) is 12.0 Å². The average molecular weight is 223 g/mol. The van der Waals surface area contributed by atoms with Crippen LogP contribution in [-0.2, 0) is 0 Å². The lowest BCUT2D eigenvalue weighted by atomic mass is 9.95. The van der Waals surface area contributed by atoms with Crippen LogP contribution in [0.5, 0.6) is 0 Å². The van der Waals surface area contributed by atoms with Gasteiger partial charge in [0.2, 0.25) is 0 Å². The zero-order chi connectivity index (χ0) is 12.1. The lowest BCUT2D eigenvalue weighted by Crippen LogP contribution is -2.17. The van der Waals surface area contributed by atoms with Crippen molar-refractivity contribution in [1.82, 2.24) is 0 Å². The van der Waals surface area contributed by atoms with Crippen LogP contribution in [0.15, 0.2) is 18.2 Å². The van der Waals surface area contributed by atoms with E-state index in [0.717, 1.165) is 12.0 Å². The van der Waals surface area contributed by atoms with Crippen LogP contribution in [0.4, 0.5) is 4.39 Å². The second-order valence-corrected chi connectivity index (χ2v) is 4.15. The van der Waals surface area contributed by atoms with E-state index in [1.807, 2.05) is 6.92 Å². The first-order chi connectivity index (χ1) is 7.56. The third kappa shape index (κ3) is 3.42. The van der Waals surface area contributed by atoms with Gasteiger partial charge in [-0.15, -0.1) is 0 Å². The third-order valence-corrected chi connectivity index (χ3v) is 2.75. The molecule has 2 N–H and O–H groups in total. The quantitative estimate of drug-likeness (QED) is 0.780. The number of nitrogens with two attached hydrogens (primary N) is 1. The summed E-state index contributed by atoms with van der Waals surface area (Å²) in [6.45, 7) is 4.28. The standard InChI is InChI=1S/C13H18FNO/c1-3-10(8-15)6-13(16)11-4-9(2)5-12(14)7-11/h4-5,7,10H,3,6,8,15H2,1-2H3. The molecule has 0 amide bonds. The number of halogens is 1. The molecule has 88 valence electrons. The molecule has 0 aliphatic rings. The van der Waals surface area contributed by atoms with Crippen LogP contribution in [0.2, 0.25) is 0 Å². The average Bonchev–Trinajstić information content (AvgIpc) is 2.24. The normalized spacial score (nSPS) is 12.5. The molecule has 2 nitrogen and oxygen atoms in total. The summed E-state index contributed by atoms with van der Waals surface area (Å²) in [6, 6.07) is 4.42. The first kappa shape index (κ1) is 12.8. The van der Waals surface area contributed by atoms with E-state index < -0.39 is 0 Å². The number of hydrogen-bond acceptors (Lipinski definition) is 2. The first-order valence-corrected chi connectivity index (χ1v) is 5.57. The minimum atomic E-state index is -0.357. The Labute approximate surface area is 95.7 Å². The molecule has 1 unspecified atom stereocenters. The van der Waals surface area contributed by atoms with E-state index in [4.69, 9.17) is 5.73 Å². The van der Waals surface area contributed by atoms with Crippen molar-refractivity contribution in [3.8, 4) is 0 Å². The van der Waals surface area contributed by atoms with Crippen molar-refractivity contribution >= 4 is 5.78 Å². The molecule has 0 aliphatic heterocycles.